The first kappa shape index (κ1) is 23.9. The highest BCUT2D eigenvalue weighted by Gasteiger charge is 2.59. The van der Waals surface area contributed by atoms with E-state index in [-0.39, 0.29) is 29.4 Å². The first-order valence-electron chi connectivity index (χ1n) is 12.1. The van der Waals surface area contributed by atoms with Crippen molar-refractivity contribution in [2.75, 3.05) is 4.90 Å². The Morgan fingerprint density at radius 1 is 1.22 bits per heavy atom. The second kappa shape index (κ2) is 8.70. The molecule has 2 unspecified atom stereocenters. The molecule has 0 spiro atoms. The van der Waals surface area contributed by atoms with Crippen LogP contribution in [-0.4, -0.2) is 56.4 Å². The second-order valence-electron chi connectivity index (χ2n) is 10.7. The summed E-state index contributed by atoms with van der Waals surface area (Å²) in [5.41, 5.74) is 2.81. The predicted molar refractivity (Wildman–Crippen MR) is 141 cm³/mol. The third kappa shape index (κ3) is 4.11. The smallest absolute Gasteiger partial charge is 0.275 e. The highest BCUT2D eigenvalue weighted by atomic mass is 19.1. The van der Waals surface area contributed by atoms with Gasteiger partial charge in [0.25, 0.3) is 5.91 Å². The molecule has 7 nitrogen and oxygen atoms in total. The predicted octanol–water partition coefficient (Wildman–Crippen LogP) is -0.0525. The van der Waals surface area contributed by atoms with Gasteiger partial charge in [-0.15, -0.1) is 0 Å². The summed E-state index contributed by atoms with van der Waals surface area (Å²) in [5, 5.41) is 15.9. The van der Waals surface area contributed by atoms with Gasteiger partial charge in [0.2, 0.25) is 5.91 Å². The van der Waals surface area contributed by atoms with E-state index in [1.807, 2.05) is 72.9 Å². The maximum Gasteiger partial charge on any atom is 0.275 e. The molecule has 2 aliphatic rings. The minimum atomic E-state index is -0.840. The zero-order valence-corrected chi connectivity index (χ0v) is 20.7. The van der Waals surface area contributed by atoms with Crippen molar-refractivity contribution in [2.24, 2.45) is 11.8 Å². The first-order chi connectivity index (χ1) is 17.1. The number of rotatable bonds is 5. The zero-order valence-electron chi connectivity index (χ0n) is 20.7. The molecule has 1 aliphatic heterocycles. The largest absolute Gasteiger partial charge is 0.338 e. The summed E-state index contributed by atoms with van der Waals surface area (Å²) in [6, 6.07) is 16.2. The van der Waals surface area contributed by atoms with Crippen molar-refractivity contribution in [3.8, 4) is 6.07 Å². The molecule has 178 valence electrons. The second-order valence-corrected chi connectivity index (χ2v) is 10.7. The zero-order chi connectivity index (χ0) is 25.8. The molecule has 36 heavy (non-hydrogen) atoms. The van der Waals surface area contributed by atoms with Crippen LogP contribution in [0.15, 0.2) is 54.7 Å². The number of nitriles is 1. The van der Waals surface area contributed by atoms with Crippen LogP contribution in [0.25, 0.3) is 0 Å². The summed E-state index contributed by atoms with van der Waals surface area (Å²) in [6.45, 7) is 2.36. The molecule has 0 saturated heterocycles. The summed E-state index contributed by atoms with van der Waals surface area (Å²) >= 11 is 0. The molecule has 1 N–H and O–H groups in total. The number of hydrogen-bond acceptors (Lipinski definition) is 4. The lowest BCUT2D eigenvalue weighted by molar-refractivity contribution is -0.121. The highest BCUT2D eigenvalue weighted by molar-refractivity contribution is 6.62. The Morgan fingerprint density at radius 3 is 2.61 bits per heavy atom. The molecule has 2 heterocycles. The highest BCUT2D eigenvalue weighted by Crippen LogP contribution is 2.60. The molecule has 11 heteroatoms. The third-order valence-electron chi connectivity index (χ3n) is 7.15. The van der Waals surface area contributed by atoms with Crippen LogP contribution in [0.1, 0.15) is 40.0 Å². The van der Waals surface area contributed by atoms with E-state index >= 15 is 0 Å². The minimum Gasteiger partial charge on any atom is -0.338 e. The number of hydrogen-bond donors (Lipinski definition) is 1. The lowest BCUT2D eigenvalue weighted by atomic mass is 9.48. The van der Waals surface area contributed by atoms with Gasteiger partial charge in [-0.05, 0) is 52.3 Å². The van der Waals surface area contributed by atoms with E-state index in [0.717, 1.165) is 16.8 Å². The van der Waals surface area contributed by atoms with Gasteiger partial charge >= 0.3 is 0 Å². The van der Waals surface area contributed by atoms with E-state index in [2.05, 4.69) is 16.5 Å². The van der Waals surface area contributed by atoms with E-state index in [9.17, 15) is 19.2 Å². The summed E-state index contributed by atoms with van der Waals surface area (Å²) in [4.78, 5) is 28.8. The fourth-order valence-electron chi connectivity index (χ4n) is 5.47. The number of carbonyl (C=O) groups is 2. The average molecular weight is 479 g/mol. The number of nitrogens with zero attached hydrogens (tertiary/aromatic N) is 4. The number of anilines is 1. The minimum absolute atomic E-state index is 0.00962. The summed E-state index contributed by atoms with van der Waals surface area (Å²) in [7, 11) is 5.78. The molecule has 3 aromatic rings. The van der Waals surface area contributed by atoms with Crippen LogP contribution in [0.2, 0.25) is 0 Å². The summed E-state index contributed by atoms with van der Waals surface area (Å²) < 4.78 is 16.2. The van der Waals surface area contributed by atoms with Gasteiger partial charge in [0.1, 0.15) is 29.6 Å². The van der Waals surface area contributed by atoms with Gasteiger partial charge in [-0.2, -0.15) is 10.4 Å². The number of carbonyl (C=O) groups excluding carboxylic acids is 2. The van der Waals surface area contributed by atoms with Gasteiger partial charge in [0.05, 0.1) is 24.4 Å². The van der Waals surface area contributed by atoms with E-state index in [1.165, 1.54) is 10.9 Å². The third-order valence-corrected chi connectivity index (χ3v) is 7.15. The molecule has 1 saturated carbocycles. The Balaban J connectivity index is 1.46. The lowest BCUT2D eigenvalue weighted by Crippen LogP contribution is -2.60. The van der Waals surface area contributed by atoms with Crippen LogP contribution in [0.5, 0.6) is 0 Å². The van der Waals surface area contributed by atoms with Crippen LogP contribution in [-0.2, 0) is 11.3 Å². The number of benzene rings is 2. The van der Waals surface area contributed by atoms with Crippen molar-refractivity contribution in [1.82, 2.24) is 15.1 Å². The quantitative estimate of drug-likeness (QED) is 0.520. The molecule has 1 aromatic heterocycles. The molecule has 4 atom stereocenters. The normalized spacial score (nSPS) is 22.7. The van der Waals surface area contributed by atoms with Crippen LogP contribution < -0.4 is 10.2 Å². The molecule has 2 amide bonds. The summed E-state index contributed by atoms with van der Waals surface area (Å²) in [6.07, 6.45) is 1.19. The van der Waals surface area contributed by atoms with Crippen molar-refractivity contribution in [3.63, 3.8) is 0 Å². The van der Waals surface area contributed by atoms with Crippen molar-refractivity contribution in [1.29, 1.82) is 5.26 Å². The SMILES string of the molecule is BC(B)(B)N1C(=O)[C@@H](NC(=O)c2nn(Cc3ccccc3)cc2F)C2C(c3cc(C#N)ccc31)[C@@H]2C. The Labute approximate surface area is 211 Å². The molecule has 1 aliphatic carbocycles. The topological polar surface area (TPSA) is 91.0 Å². The Kier molecular flexibility index (Phi) is 5.78. The number of amides is 2. The van der Waals surface area contributed by atoms with Crippen LogP contribution in [0, 0.1) is 29.0 Å². The Hall–Kier alpha value is -3.80. The van der Waals surface area contributed by atoms with Crippen molar-refractivity contribution in [2.45, 2.75) is 30.7 Å². The molecule has 1 fully saturated rings. The number of fused-ring (bicyclic) bond motifs is 3. The number of nitrogens with one attached hydrogen (secondary N) is 1. The fraction of sp³-hybridized carbons (Fsp3) is 0.280. The molecule has 0 radical (unpaired) electrons. The fourth-order valence-corrected chi connectivity index (χ4v) is 5.47. The lowest BCUT2D eigenvalue weighted by Gasteiger charge is -2.39. The van der Waals surface area contributed by atoms with Gasteiger partial charge in [0, 0.05) is 5.69 Å². The van der Waals surface area contributed by atoms with Gasteiger partial charge in [-0.3, -0.25) is 14.3 Å². The monoisotopic (exact) mass is 479 g/mol. The number of aromatic nitrogens is 2. The van der Waals surface area contributed by atoms with E-state index in [0.29, 0.717) is 12.1 Å². The van der Waals surface area contributed by atoms with Crippen molar-refractivity contribution < 1.29 is 14.0 Å². The van der Waals surface area contributed by atoms with E-state index in [4.69, 9.17) is 0 Å². The molecular weight excluding hydrogens is 454 g/mol. The van der Waals surface area contributed by atoms with Gasteiger partial charge in [-0.25, -0.2) is 4.39 Å². The summed E-state index contributed by atoms with van der Waals surface area (Å²) in [5.74, 6) is -1.73. The Bertz CT molecular complexity index is 1400. The van der Waals surface area contributed by atoms with Gasteiger partial charge in [-0.1, -0.05) is 37.3 Å². The average Bonchev–Trinajstić information content (AvgIpc) is 3.38. The molecule has 2 aromatic carbocycles. The number of halogens is 1. The maximum atomic E-state index is 14.8. The van der Waals surface area contributed by atoms with Crippen LogP contribution in [0.4, 0.5) is 10.1 Å². The van der Waals surface area contributed by atoms with Crippen LogP contribution >= 0.6 is 0 Å². The van der Waals surface area contributed by atoms with Gasteiger partial charge < -0.3 is 10.2 Å². The van der Waals surface area contributed by atoms with Gasteiger partial charge in [0.15, 0.2) is 11.5 Å². The maximum absolute atomic E-state index is 14.8. The van der Waals surface area contributed by atoms with E-state index in [1.54, 1.807) is 11.0 Å². The van der Waals surface area contributed by atoms with Crippen LogP contribution in [0.3, 0.4) is 0 Å². The molecule has 5 rings (SSSR count). The molecule has 0 bridgehead atoms. The van der Waals surface area contributed by atoms with Crippen molar-refractivity contribution in [3.05, 3.63) is 82.9 Å². The first-order valence-corrected chi connectivity index (χ1v) is 12.1. The Morgan fingerprint density at radius 2 is 1.94 bits per heavy atom. The standard InChI is InChI=1S/C25H25B3FN5O2/c1-13-19-16-9-15(10-30)7-8-18(16)34(25(26,27)28)24(36)22(20(13)19)31-23(35)21-17(29)12-33(32-21)11-14-5-3-2-4-6-14/h2-9,12-13,19-20,22H,11,26-28H2,1H3,(H,31,35)/t13-,19?,20?,22-/m0/s1. The van der Waals surface area contributed by atoms with Crippen molar-refractivity contribution >= 4 is 41.0 Å². The molecular formula is C25H25B3FN5O2. The van der Waals surface area contributed by atoms with E-state index < -0.39 is 23.0 Å².